The first-order chi connectivity index (χ1) is 6.65. The van der Waals surface area contributed by atoms with Crippen molar-refractivity contribution in [3.63, 3.8) is 0 Å². The molecule has 80 valence electrons. The molecule has 1 atom stereocenters. The molecular weight excluding hydrogens is 180 g/mol. The van der Waals surface area contributed by atoms with Crippen molar-refractivity contribution < 1.29 is 9.53 Å². The molecule has 4 heteroatoms. The van der Waals surface area contributed by atoms with Crippen molar-refractivity contribution in [2.75, 3.05) is 20.2 Å². The first-order valence-electron chi connectivity index (χ1n) is 5.27. The molecule has 1 heterocycles. The van der Waals surface area contributed by atoms with Gasteiger partial charge >= 0.3 is 0 Å². The maximum Gasteiger partial charge on any atom is 0.242 e. The second-order valence-electron chi connectivity index (χ2n) is 4.41. The van der Waals surface area contributed by atoms with Crippen molar-refractivity contribution in [3.8, 4) is 0 Å². The molecule has 0 aromatic carbocycles. The molecule has 2 rings (SSSR count). The number of carbonyl (C=O) groups is 1. The average molecular weight is 198 g/mol. The third-order valence-corrected chi connectivity index (χ3v) is 3.21. The average Bonchev–Trinajstić information content (AvgIpc) is 2.97. The molecule has 4 nitrogen and oxygen atoms in total. The Morgan fingerprint density at radius 3 is 2.86 bits per heavy atom. The molecule has 0 aromatic rings. The maximum atomic E-state index is 11.9. The number of methoxy groups -OCH3 is 1. The summed E-state index contributed by atoms with van der Waals surface area (Å²) in [5.74, 6) is 0.124. The van der Waals surface area contributed by atoms with Crippen LogP contribution in [0, 0.1) is 0 Å². The predicted molar refractivity (Wildman–Crippen MR) is 52.8 cm³/mol. The van der Waals surface area contributed by atoms with Gasteiger partial charge in [0.1, 0.15) is 0 Å². The summed E-state index contributed by atoms with van der Waals surface area (Å²) in [6.45, 7) is 1.56. The fourth-order valence-corrected chi connectivity index (χ4v) is 1.98. The Balaban J connectivity index is 1.93. The zero-order valence-corrected chi connectivity index (χ0v) is 8.66. The predicted octanol–water partition coefficient (Wildman–Crippen LogP) is 0.115. The van der Waals surface area contributed by atoms with Crippen LogP contribution in [-0.4, -0.2) is 42.6 Å². The van der Waals surface area contributed by atoms with Gasteiger partial charge in [-0.05, 0) is 25.7 Å². The highest BCUT2D eigenvalue weighted by Crippen LogP contribution is 2.34. The number of likely N-dealkylation sites (tertiary alicyclic amines) is 1. The van der Waals surface area contributed by atoms with Crippen LogP contribution in [-0.2, 0) is 9.53 Å². The number of hydrogen-bond donors (Lipinski definition) is 1. The van der Waals surface area contributed by atoms with E-state index >= 15 is 0 Å². The summed E-state index contributed by atoms with van der Waals surface area (Å²) >= 11 is 0. The second kappa shape index (κ2) is 3.51. The smallest absolute Gasteiger partial charge is 0.242 e. The van der Waals surface area contributed by atoms with E-state index in [4.69, 9.17) is 10.5 Å². The van der Waals surface area contributed by atoms with Crippen molar-refractivity contribution in [3.05, 3.63) is 0 Å². The molecule has 0 spiro atoms. The fraction of sp³-hybridized carbons (Fsp3) is 0.900. The summed E-state index contributed by atoms with van der Waals surface area (Å²) in [7, 11) is 1.70. The molecule has 0 aromatic heterocycles. The van der Waals surface area contributed by atoms with Crippen LogP contribution in [0.25, 0.3) is 0 Å². The van der Waals surface area contributed by atoms with E-state index in [1.54, 1.807) is 7.11 Å². The third kappa shape index (κ3) is 1.77. The zero-order chi connectivity index (χ0) is 10.2. The first kappa shape index (κ1) is 9.93. The van der Waals surface area contributed by atoms with E-state index in [1.807, 2.05) is 4.90 Å². The number of nitrogens with zero attached hydrogens (tertiary/aromatic N) is 1. The third-order valence-electron chi connectivity index (χ3n) is 3.21. The Hall–Kier alpha value is -0.610. The van der Waals surface area contributed by atoms with Crippen LogP contribution in [0.3, 0.4) is 0 Å². The van der Waals surface area contributed by atoms with Gasteiger partial charge in [-0.1, -0.05) is 0 Å². The van der Waals surface area contributed by atoms with Crippen molar-refractivity contribution >= 4 is 5.91 Å². The highest BCUT2D eigenvalue weighted by atomic mass is 16.5. The molecule has 1 saturated heterocycles. The van der Waals surface area contributed by atoms with E-state index in [0.717, 1.165) is 32.2 Å². The molecule has 1 unspecified atom stereocenters. The van der Waals surface area contributed by atoms with Crippen LogP contribution in [0.4, 0.5) is 0 Å². The van der Waals surface area contributed by atoms with Gasteiger partial charge in [0.2, 0.25) is 5.91 Å². The van der Waals surface area contributed by atoms with E-state index in [2.05, 4.69) is 0 Å². The Kier molecular flexibility index (Phi) is 2.49. The highest BCUT2D eigenvalue weighted by molar-refractivity contribution is 5.89. The van der Waals surface area contributed by atoms with Gasteiger partial charge in [0.25, 0.3) is 0 Å². The molecule has 2 N–H and O–H groups in total. The lowest BCUT2D eigenvalue weighted by Gasteiger charge is -2.33. The molecule has 14 heavy (non-hydrogen) atoms. The Morgan fingerprint density at radius 1 is 1.57 bits per heavy atom. The lowest BCUT2D eigenvalue weighted by Crippen LogP contribution is -2.51. The van der Waals surface area contributed by atoms with Gasteiger partial charge in [-0.2, -0.15) is 0 Å². The van der Waals surface area contributed by atoms with Crippen molar-refractivity contribution in [2.45, 2.75) is 37.3 Å². The summed E-state index contributed by atoms with van der Waals surface area (Å²) in [6, 6.07) is 0. The van der Waals surface area contributed by atoms with E-state index in [9.17, 15) is 4.79 Å². The van der Waals surface area contributed by atoms with E-state index in [0.29, 0.717) is 6.54 Å². The first-order valence-corrected chi connectivity index (χ1v) is 5.27. The van der Waals surface area contributed by atoms with Crippen LogP contribution in [0.1, 0.15) is 25.7 Å². The number of ether oxygens (including phenoxy) is 1. The lowest BCUT2D eigenvalue weighted by molar-refractivity contribution is -0.137. The van der Waals surface area contributed by atoms with E-state index < -0.39 is 5.54 Å². The normalized spacial score (nSPS) is 30.1. The number of amides is 1. The lowest BCUT2D eigenvalue weighted by atomic mass is 10.1. The largest absolute Gasteiger partial charge is 0.380 e. The minimum absolute atomic E-state index is 0.124. The summed E-state index contributed by atoms with van der Waals surface area (Å²) in [6.07, 6.45) is 3.98. The Morgan fingerprint density at radius 2 is 2.29 bits per heavy atom. The van der Waals surface area contributed by atoms with Gasteiger partial charge in [0, 0.05) is 20.2 Å². The Bertz CT molecular complexity index is 238. The SMILES string of the molecule is COC1CCCN(C(=O)C2(N)CC2)C1. The van der Waals surface area contributed by atoms with E-state index in [-0.39, 0.29) is 12.0 Å². The second-order valence-corrected chi connectivity index (χ2v) is 4.41. The molecule has 2 aliphatic rings. The fourth-order valence-electron chi connectivity index (χ4n) is 1.98. The van der Waals surface area contributed by atoms with Crippen LogP contribution in [0.15, 0.2) is 0 Å². The topological polar surface area (TPSA) is 55.6 Å². The summed E-state index contributed by atoms with van der Waals surface area (Å²) in [5, 5.41) is 0. The van der Waals surface area contributed by atoms with Gasteiger partial charge in [-0.25, -0.2) is 0 Å². The molecular formula is C10H18N2O2. The van der Waals surface area contributed by atoms with Gasteiger partial charge in [-0.3, -0.25) is 4.79 Å². The summed E-state index contributed by atoms with van der Waals surface area (Å²) < 4.78 is 5.27. The molecule has 1 aliphatic carbocycles. The van der Waals surface area contributed by atoms with Crippen LogP contribution in [0.5, 0.6) is 0 Å². The van der Waals surface area contributed by atoms with Gasteiger partial charge < -0.3 is 15.4 Å². The quantitative estimate of drug-likeness (QED) is 0.685. The molecule has 1 aliphatic heterocycles. The van der Waals surface area contributed by atoms with Gasteiger partial charge in [0.15, 0.2) is 0 Å². The molecule has 1 saturated carbocycles. The summed E-state index contributed by atoms with van der Waals surface area (Å²) in [4.78, 5) is 13.8. The van der Waals surface area contributed by atoms with Crippen molar-refractivity contribution in [1.82, 2.24) is 4.90 Å². The minimum Gasteiger partial charge on any atom is -0.380 e. The van der Waals surface area contributed by atoms with Crippen LogP contribution >= 0.6 is 0 Å². The number of rotatable bonds is 2. The zero-order valence-electron chi connectivity index (χ0n) is 8.66. The molecule has 2 fully saturated rings. The van der Waals surface area contributed by atoms with Crippen molar-refractivity contribution in [2.24, 2.45) is 5.73 Å². The van der Waals surface area contributed by atoms with Crippen molar-refractivity contribution in [1.29, 1.82) is 0 Å². The maximum absolute atomic E-state index is 11.9. The van der Waals surface area contributed by atoms with Gasteiger partial charge in [0.05, 0.1) is 11.6 Å². The number of nitrogens with two attached hydrogens (primary N) is 1. The highest BCUT2D eigenvalue weighted by Gasteiger charge is 2.48. The minimum atomic E-state index is -0.518. The van der Waals surface area contributed by atoms with Crippen LogP contribution < -0.4 is 5.73 Å². The van der Waals surface area contributed by atoms with Crippen LogP contribution in [0.2, 0.25) is 0 Å². The van der Waals surface area contributed by atoms with E-state index in [1.165, 1.54) is 0 Å². The Labute approximate surface area is 84.4 Å². The van der Waals surface area contributed by atoms with Gasteiger partial charge in [-0.15, -0.1) is 0 Å². The molecule has 0 bridgehead atoms. The molecule has 1 amide bonds. The standard InChI is InChI=1S/C10H18N2O2/c1-14-8-3-2-6-12(7-8)9(13)10(11)4-5-10/h8H,2-7,11H2,1H3. The molecule has 0 radical (unpaired) electrons. The number of carbonyl (C=O) groups excluding carboxylic acids is 1. The number of hydrogen-bond acceptors (Lipinski definition) is 3. The monoisotopic (exact) mass is 198 g/mol. The summed E-state index contributed by atoms with van der Waals surface area (Å²) in [5.41, 5.74) is 5.36. The number of piperidine rings is 1.